The van der Waals surface area contributed by atoms with Crippen molar-refractivity contribution in [2.75, 3.05) is 7.11 Å². The van der Waals surface area contributed by atoms with Crippen molar-refractivity contribution in [3.63, 3.8) is 0 Å². The minimum atomic E-state index is -0.0626. The Balaban J connectivity index is 1.89. The third kappa shape index (κ3) is 3.37. The van der Waals surface area contributed by atoms with Gasteiger partial charge in [0.05, 0.1) is 18.5 Å². The quantitative estimate of drug-likeness (QED) is 0.539. The van der Waals surface area contributed by atoms with Gasteiger partial charge >= 0.3 is 0 Å². The Morgan fingerprint density at radius 1 is 0.889 bits per heavy atom. The van der Waals surface area contributed by atoms with Gasteiger partial charge in [-0.25, -0.2) is 4.68 Å². The summed E-state index contributed by atoms with van der Waals surface area (Å²) < 4.78 is 6.98. The second kappa shape index (κ2) is 7.30. The molecule has 0 saturated carbocycles. The molecule has 4 nitrogen and oxygen atoms in total. The van der Waals surface area contributed by atoms with E-state index < -0.39 is 0 Å². The van der Waals surface area contributed by atoms with Crippen molar-refractivity contribution in [1.29, 1.82) is 0 Å². The van der Waals surface area contributed by atoms with E-state index in [0.29, 0.717) is 5.52 Å². The van der Waals surface area contributed by atoms with Crippen molar-refractivity contribution >= 4 is 23.1 Å². The van der Waals surface area contributed by atoms with Gasteiger partial charge in [0.25, 0.3) is 0 Å². The van der Waals surface area contributed by atoms with Crippen LogP contribution in [0.3, 0.4) is 0 Å². The van der Waals surface area contributed by atoms with E-state index in [1.165, 1.54) is 0 Å². The summed E-state index contributed by atoms with van der Waals surface area (Å²) in [4.78, 5) is 12.6. The lowest BCUT2D eigenvalue weighted by molar-refractivity contribution is 0.414. The standard InChI is InChI=1S/C23H18N2O2/c1-27-19-11-7-8-17(16-19)14-15-21-20-12-5-6-13-22(26)23(20)25(24-21)18-9-3-2-4-10-18/h2-16H,1H3. The maximum Gasteiger partial charge on any atom is 0.204 e. The third-order valence-electron chi connectivity index (χ3n) is 4.33. The van der Waals surface area contributed by atoms with Gasteiger partial charge in [0, 0.05) is 5.39 Å². The molecule has 0 atom stereocenters. The van der Waals surface area contributed by atoms with Crippen LogP contribution in [-0.2, 0) is 0 Å². The van der Waals surface area contributed by atoms with Crippen LogP contribution in [-0.4, -0.2) is 16.9 Å². The Hall–Kier alpha value is -3.66. The molecule has 0 amide bonds. The predicted octanol–water partition coefficient (Wildman–Crippen LogP) is 4.56. The van der Waals surface area contributed by atoms with E-state index in [9.17, 15) is 4.79 Å². The van der Waals surface area contributed by atoms with Gasteiger partial charge in [-0.1, -0.05) is 54.6 Å². The number of fused-ring (bicyclic) bond motifs is 1. The number of benzene rings is 2. The molecule has 0 aliphatic heterocycles. The molecule has 0 aliphatic rings. The fourth-order valence-corrected chi connectivity index (χ4v) is 3.02. The average Bonchev–Trinajstić information content (AvgIpc) is 2.98. The largest absolute Gasteiger partial charge is 0.497 e. The number of nitrogens with zero attached hydrogens (tertiary/aromatic N) is 2. The molecule has 0 fully saturated rings. The molecule has 0 N–H and O–H groups in total. The summed E-state index contributed by atoms with van der Waals surface area (Å²) >= 11 is 0. The van der Waals surface area contributed by atoms with Crippen LogP contribution in [0.25, 0.3) is 28.7 Å². The first-order chi connectivity index (χ1) is 13.3. The maximum absolute atomic E-state index is 12.6. The average molecular weight is 354 g/mol. The first kappa shape index (κ1) is 16.8. The molecular formula is C23H18N2O2. The molecule has 0 unspecified atom stereocenters. The van der Waals surface area contributed by atoms with E-state index in [0.717, 1.165) is 28.1 Å². The zero-order chi connectivity index (χ0) is 18.6. The van der Waals surface area contributed by atoms with Gasteiger partial charge in [-0.05, 0) is 42.0 Å². The minimum absolute atomic E-state index is 0.0626. The Morgan fingerprint density at radius 2 is 1.67 bits per heavy atom. The zero-order valence-electron chi connectivity index (χ0n) is 14.9. The van der Waals surface area contributed by atoms with Gasteiger partial charge in [-0.2, -0.15) is 5.10 Å². The normalized spacial score (nSPS) is 11.1. The maximum atomic E-state index is 12.6. The molecule has 0 bridgehead atoms. The van der Waals surface area contributed by atoms with Gasteiger partial charge in [0.2, 0.25) is 5.43 Å². The first-order valence-corrected chi connectivity index (χ1v) is 8.66. The number of rotatable bonds is 4. The van der Waals surface area contributed by atoms with Gasteiger partial charge in [-0.15, -0.1) is 0 Å². The fraction of sp³-hybridized carbons (Fsp3) is 0.0435. The second-order valence-electron chi connectivity index (χ2n) is 6.09. The SMILES string of the molecule is COc1cccc(C=Cc2nn(-c3ccccc3)c3c(=O)ccccc23)c1. The number of methoxy groups -OCH3 is 1. The lowest BCUT2D eigenvalue weighted by atomic mass is 10.1. The highest BCUT2D eigenvalue weighted by Crippen LogP contribution is 2.21. The molecule has 27 heavy (non-hydrogen) atoms. The lowest BCUT2D eigenvalue weighted by Gasteiger charge is -2.01. The van der Waals surface area contributed by atoms with E-state index in [1.807, 2.05) is 78.9 Å². The van der Waals surface area contributed by atoms with Gasteiger partial charge in [0.1, 0.15) is 11.3 Å². The highest BCUT2D eigenvalue weighted by Gasteiger charge is 2.11. The lowest BCUT2D eigenvalue weighted by Crippen LogP contribution is -2.04. The van der Waals surface area contributed by atoms with E-state index in [4.69, 9.17) is 9.84 Å². The number of hydrogen-bond acceptors (Lipinski definition) is 3. The van der Waals surface area contributed by atoms with Crippen LogP contribution in [0, 0.1) is 0 Å². The molecule has 0 spiro atoms. The van der Waals surface area contributed by atoms with Crippen LogP contribution in [0.2, 0.25) is 0 Å². The monoisotopic (exact) mass is 354 g/mol. The van der Waals surface area contributed by atoms with E-state index >= 15 is 0 Å². The summed E-state index contributed by atoms with van der Waals surface area (Å²) in [5.74, 6) is 0.796. The molecule has 1 heterocycles. The fourth-order valence-electron chi connectivity index (χ4n) is 3.02. The summed E-state index contributed by atoms with van der Waals surface area (Å²) in [5.41, 5.74) is 3.10. The van der Waals surface area contributed by atoms with E-state index in [-0.39, 0.29) is 5.43 Å². The van der Waals surface area contributed by atoms with Crippen molar-refractivity contribution in [1.82, 2.24) is 9.78 Å². The summed E-state index contributed by atoms with van der Waals surface area (Å²) in [7, 11) is 1.65. The highest BCUT2D eigenvalue weighted by molar-refractivity contribution is 5.90. The van der Waals surface area contributed by atoms with Crippen LogP contribution in [0.1, 0.15) is 11.3 Å². The first-order valence-electron chi connectivity index (χ1n) is 8.66. The van der Waals surface area contributed by atoms with Crippen molar-refractivity contribution in [3.8, 4) is 11.4 Å². The Labute approximate surface area is 157 Å². The summed E-state index contributed by atoms with van der Waals surface area (Å²) in [6.07, 6.45) is 3.90. The van der Waals surface area contributed by atoms with Gasteiger partial charge < -0.3 is 4.74 Å². The molecule has 0 radical (unpaired) electrons. The summed E-state index contributed by atoms with van der Waals surface area (Å²) in [6, 6.07) is 24.6. The van der Waals surface area contributed by atoms with Crippen LogP contribution >= 0.6 is 0 Å². The van der Waals surface area contributed by atoms with E-state index in [1.54, 1.807) is 23.9 Å². The van der Waals surface area contributed by atoms with Crippen LogP contribution < -0.4 is 10.2 Å². The molecule has 3 aromatic carbocycles. The predicted molar refractivity (Wildman–Crippen MR) is 109 cm³/mol. The number of aromatic nitrogens is 2. The number of ether oxygens (including phenoxy) is 1. The minimum Gasteiger partial charge on any atom is -0.497 e. The van der Waals surface area contributed by atoms with Crippen LogP contribution in [0.5, 0.6) is 5.75 Å². The summed E-state index contributed by atoms with van der Waals surface area (Å²) in [6.45, 7) is 0. The van der Waals surface area contributed by atoms with Gasteiger partial charge in [-0.3, -0.25) is 4.79 Å². The van der Waals surface area contributed by atoms with Crippen molar-refractivity contribution < 1.29 is 4.74 Å². The second-order valence-corrected chi connectivity index (χ2v) is 6.09. The zero-order valence-corrected chi connectivity index (χ0v) is 14.9. The summed E-state index contributed by atoms with van der Waals surface area (Å²) in [5, 5.41) is 5.52. The molecular weight excluding hydrogens is 336 g/mol. The Bertz CT molecular complexity index is 1180. The number of para-hydroxylation sites is 1. The Morgan fingerprint density at radius 3 is 2.48 bits per heavy atom. The van der Waals surface area contributed by atoms with Crippen LogP contribution in [0.4, 0.5) is 0 Å². The highest BCUT2D eigenvalue weighted by atomic mass is 16.5. The van der Waals surface area contributed by atoms with Crippen molar-refractivity contribution in [3.05, 3.63) is 100 Å². The van der Waals surface area contributed by atoms with Crippen molar-refractivity contribution in [2.45, 2.75) is 0 Å². The topological polar surface area (TPSA) is 44.1 Å². The Kier molecular flexibility index (Phi) is 4.54. The molecule has 4 heteroatoms. The molecule has 0 saturated heterocycles. The molecule has 4 rings (SSSR count). The molecule has 1 aromatic heterocycles. The molecule has 132 valence electrons. The molecule has 4 aromatic rings. The number of hydrogen-bond donors (Lipinski definition) is 0. The molecule has 0 aliphatic carbocycles. The van der Waals surface area contributed by atoms with Crippen LogP contribution in [0.15, 0.2) is 83.7 Å². The third-order valence-corrected chi connectivity index (χ3v) is 4.33. The van der Waals surface area contributed by atoms with Crippen molar-refractivity contribution in [2.24, 2.45) is 0 Å². The van der Waals surface area contributed by atoms with E-state index in [2.05, 4.69) is 0 Å². The smallest absolute Gasteiger partial charge is 0.204 e. The van der Waals surface area contributed by atoms with Gasteiger partial charge in [0.15, 0.2) is 0 Å².